The molecule has 0 radical (unpaired) electrons. The van der Waals surface area contributed by atoms with Crippen LogP contribution in [0.2, 0.25) is 0 Å². The topological polar surface area (TPSA) is 75.8 Å². The van der Waals surface area contributed by atoms with Crippen LogP contribution in [0.5, 0.6) is 0 Å². The number of nitrogens with zero attached hydrogens (tertiary/aromatic N) is 3. The first-order valence-corrected chi connectivity index (χ1v) is 15.3. The number of aromatic nitrogens is 2. The first-order valence-electron chi connectivity index (χ1n) is 15.3. The fourth-order valence-corrected chi connectivity index (χ4v) is 10.7. The van der Waals surface area contributed by atoms with Crippen molar-refractivity contribution in [3.8, 4) is 6.07 Å². The highest BCUT2D eigenvalue weighted by atomic mass is 19.4. The second-order valence-corrected chi connectivity index (χ2v) is 16.0. The summed E-state index contributed by atoms with van der Waals surface area (Å²) in [5.41, 5.74) is -2.59. The largest absolute Gasteiger partial charge is 0.435 e. The van der Waals surface area contributed by atoms with Gasteiger partial charge in [-0.3, -0.25) is 14.3 Å². The van der Waals surface area contributed by atoms with Crippen molar-refractivity contribution in [1.82, 2.24) is 9.78 Å². The Bertz CT molecular complexity index is 1490. The Labute approximate surface area is 246 Å². The number of hydrogen-bond donors (Lipinski definition) is 0. The molecule has 0 aromatic carbocycles. The van der Waals surface area contributed by atoms with Gasteiger partial charge in [0.15, 0.2) is 17.3 Å². The SMILES string of the molecule is CC1(C)CC[C@]2(n3ccc(C(F)(F)F)n3)CC[C@]3(C)[C@H](C(=O)C=C4[C@@]5(C)C=C(C#N)C(=O)C(C)(C)C5CC[C@]43C)C2C1. The average molecular weight is 582 g/mol. The number of allylic oxidation sites excluding steroid dienone is 4. The van der Waals surface area contributed by atoms with Gasteiger partial charge in [0, 0.05) is 22.9 Å². The standard InChI is InChI=1S/C34H42F3N3O2/c1-28(2)11-13-33(40-15-9-25(39-40)34(35,36)37)14-12-32(7)26(21(33)18-28)22(41)16-24-30(5)17-20(19-38)27(42)29(3,4)23(30)8-10-31(24,32)6/h9,15-17,21,23,26H,8,10-14,18H2,1-7H3/t21?,23?,26-,30-,31+,32+,33-/m0/s1. The monoisotopic (exact) mass is 581 g/mol. The molecule has 5 aliphatic rings. The Morgan fingerprint density at radius 2 is 1.67 bits per heavy atom. The molecule has 0 N–H and O–H groups in total. The molecule has 1 aromatic heterocycles. The molecule has 42 heavy (non-hydrogen) atoms. The number of hydrogen-bond acceptors (Lipinski definition) is 4. The van der Waals surface area contributed by atoms with E-state index >= 15 is 0 Å². The molecule has 5 nitrogen and oxygen atoms in total. The summed E-state index contributed by atoms with van der Waals surface area (Å²) in [5, 5.41) is 14.0. The van der Waals surface area contributed by atoms with E-state index in [2.05, 4.69) is 45.8 Å². The number of alkyl halides is 3. The van der Waals surface area contributed by atoms with Gasteiger partial charge in [-0.15, -0.1) is 0 Å². The third-order valence-electron chi connectivity index (χ3n) is 13.2. The fourth-order valence-electron chi connectivity index (χ4n) is 10.7. The van der Waals surface area contributed by atoms with E-state index in [1.165, 1.54) is 6.20 Å². The van der Waals surface area contributed by atoms with E-state index < -0.39 is 33.7 Å². The van der Waals surface area contributed by atoms with E-state index in [0.29, 0.717) is 19.3 Å². The van der Waals surface area contributed by atoms with Gasteiger partial charge < -0.3 is 0 Å². The zero-order valence-electron chi connectivity index (χ0n) is 25.8. The number of carbonyl (C=O) groups excluding carboxylic acids is 2. The zero-order chi connectivity index (χ0) is 30.9. The summed E-state index contributed by atoms with van der Waals surface area (Å²) in [6.07, 6.45) is 5.84. The quantitative estimate of drug-likeness (QED) is 0.339. The van der Waals surface area contributed by atoms with Crippen LogP contribution in [0, 0.1) is 56.2 Å². The van der Waals surface area contributed by atoms with Crippen LogP contribution in [-0.4, -0.2) is 21.3 Å². The van der Waals surface area contributed by atoms with Crippen molar-refractivity contribution in [2.45, 2.75) is 105 Å². The maximum atomic E-state index is 14.6. The number of halogens is 3. The van der Waals surface area contributed by atoms with Gasteiger partial charge >= 0.3 is 6.18 Å². The number of rotatable bonds is 1. The van der Waals surface area contributed by atoms with Crippen molar-refractivity contribution in [2.75, 3.05) is 0 Å². The van der Waals surface area contributed by atoms with Gasteiger partial charge in [0.25, 0.3) is 0 Å². The van der Waals surface area contributed by atoms with Crippen molar-refractivity contribution >= 4 is 11.6 Å². The molecule has 8 heteroatoms. The lowest BCUT2D eigenvalue weighted by molar-refractivity contribution is -0.170. The molecule has 0 aliphatic heterocycles. The maximum absolute atomic E-state index is 14.6. The van der Waals surface area contributed by atoms with Gasteiger partial charge in [0.2, 0.25) is 0 Å². The van der Waals surface area contributed by atoms with Crippen LogP contribution in [0.25, 0.3) is 0 Å². The van der Waals surface area contributed by atoms with E-state index in [0.717, 1.165) is 37.3 Å². The van der Waals surface area contributed by atoms with E-state index in [9.17, 15) is 28.0 Å². The molecule has 1 heterocycles. The van der Waals surface area contributed by atoms with E-state index in [-0.39, 0.29) is 45.7 Å². The molecule has 0 amide bonds. The van der Waals surface area contributed by atoms with Crippen LogP contribution >= 0.6 is 0 Å². The first-order chi connectivity index (χ1) is 19.3. The van der Waals surface area contributed by atoms with Crippen molar-refractivity contribution < 1.29 is 22.8 Å². The summed E-state index contributed by atoms with van der Waals surface area (Å²) in [6, 6.07) is 3.21. The van der Waals surface area contributed by atoms with Crippen LogP contribution in [0.1, 0.15) is 99.1 Å². The fraction of sp³-hybridized carbons (Fsp3) is 0.706. The molecule has 226 valence electrons. The molecular weight excluding hydrogens is 539 g/mol. The van der Waals surface area contributed by atoms with Gasteiger partial charge in [-0.05, 0) is 85.2 Å². The summed E-state index contributed by atoms with van der Waals surface area (Å²) in [4.78, 5) is 27.9. The van der Waals surface area contributed by atoms with Gasteiger partial charge in [-0.25, -0.2) is 0 Å². The van der Waals surface area contributed by atoms with Gasteiger partial charge in [0.1, 0.15) is 6.07 Å². The highest BCUT2D eigenvalue weighted by Gasteiger charge is 2.70. The minimum atomic E-state index is -4.53. The maximum Gasteiger partial charge on any atom is 0.435 e. The predicted octanol–water partition coefficient (Wildman–Crippen LogP) is 7.83. The second-order valence-electron chi connectivity index (χ2n) is 16.0. The Hall–Kier alpha value is -2.69. The smallest absolute Gasteiger partial charge is 0.295 e. The molecule has 0 bridgehead atoms. The molecule has 0 spiro atoms. The Morgan fingerprint density at radius 3 is 2.29 bits per heavy atom. The summed E-state index contributed by atoms with van der Waals surface area (Å²) in [7, 11) is 0. The van der Waals surface area contributed by atoms with Gasteiger partial charge in [-0.2, -0.15) is 23.5 Å². The highest BCUT2D eigenvalue weighted by Crippen LogP contribution is 2.74. The number of Topliss-reactive ketones (excluding diaryl/α,β-unsaturated/α-hetero) is 1. The van der Waals surface area contributed by atoms with E-state index in [1.807, 2.05) is 26.0 Å². The van der Waals surface area contributed by atoms with E-state index in [4.69, 9.17) is 0 Å². The Morgan fingerprint density at radius 1 is 1.00 bits per heavy atom. The lowest BCUT2D eigenvalue weighted by atomic mass is 9.35. The second kappa shape index (κ2) is 8.48. The lowest BCUT2D eigenvalue weighted by Gasteiger charge is -2.69. The summed E-state index contributed by atoms with van der Waals surface area (Å²) < 4.78 is 42.6. The number of carbonyl (C=O) groups is 2. The Kier molecular flexibility index (Phi) is 5.93. The zero-order valence-corrected chi connectivity index (χ0v) is 25.8. The minimum absolute atomic E-state index is 0.0310. The lowest BCUT2D eigenvalue weighted by Crippen LogP contribution is -2.66. The molecular formula is C34H42F3N3O2. The summed E-state index contributed by atoms with van der Waals surface area (Å²) in [6.45, 7) is 14.9. The van der Waals surface area contributed by atoms with Crippen molar-refractivity contribution in [1.29, 1.82) is 5.26 Å². The van der Waals surface area contributed by atoms with Crippen LogP contribution in [0.15, 0.2) is 35.6 Å². The Balaban J connectivity index is 1.52. The molecule has 7 atom stereocenters. The minimum Gasteiger partial charge on any atom is -0.295 e. The third-order valence-corrected chi connectivity index (χ3v) is 13.2. The van der Waals surface area contributed by atoms with E-state index in [1.54, 1.807) is 4.68 Å². The summed E-state index contributed by atoms with van der Waals surface area (Å²) >= 11 is 0. The van der Waals surface area contributed by atoms with Crippen molar-refractivity contribution in [3.05, 3.63) is 41.3 Å². The molecule has 1 aromatic rings. The van der Waals surface area contributed by atoms with Crippen LogP contribution in [0.3, 0.4) is 0 Å². The molecule has 3 fully saturated rings. The van der Waals surface area contributed by atoms with Crippen LogP contribution in [-0.2, 0) is 21.3 Å². The molecule has 3 saturated carbocycles. The van der Waals surface area contributed by atoms with Crippen LogP contribution in [0.4, 0.5) is 13.2 Å². The van der Waals surface area contributed by atoms with Gasteiger partial charge in [0.05, 0.1) is 11.1 Å². The van der Waals surface area contributed by atoms with Gasteiger partial charge in [-0.1, -0.05) is 60.1 Å². The number of ketones is 2. The highest BCUT2D eigenvalue weighted by molar-refractivity contribution is 6.04. The van der Waals surface area contributed by atoms with Crippen molar-refractivity contribution in [3.63, 3.8) is 0 Å². The average Bonchev–Trinajstić information content (AvgIpc) is 3.39. The summed E-state index contributed by atoms with van der Waals surface area (Å²) in [5.74, 6) is -0.669. The number of nitriles is 1. The van der Waals surface area contributed by atoms with Crippen LogP contribution < -0.4 is 0 Å². The number of fused-ring (bicyclic) bond motifs is 7. The molecule has 0 saturated heterocycles. The molecule has 6 rings (SSSR count). The van der Waals surface area contributed by atoms with Crippen molar-refractivity contribution in [2.24, 2.45) is 44.8 Å². The molecule has 2 unspecified atom stereocenters. The third kappa shape index (κ3) is 3.57. The normalized spacial score (nSPS) is 42.3. The first kappa shape index (κ1) is 29.4. The molecule has 5 aliphatic carbocycles. The predicted molar refractivity (Wildman–Crippen MR) is 152 cm³/mol.